The number of hydrogen-bond acceptors (Lipinski definition) is 6. The average molecular weight is 201 g/mol. The van der Waals surface area contributed by atoms with E-state index in [0.29, 0.717) is 18.9 Å². The first-order chi connectivity index (χ1) is 6.65. The number of aromatic nitrogens is 2. The Balaban J connectivity index is 2.58. The number of rotatable bonds is 5. The molecule has 0 aliphatic rings. The van der Waals surface area contributed by atoms with E-state index in [4.69, 9.17) is 15.0 Å². The van der Waals surface area contributed by atoms with Gasteiger partial charge >= 0.3 is 0 Å². The van der Waals surface area contributed by atoms with Crippen LogP contribution in [0.3, 0.4) is 0 Å². The first-order valence-electron chi connectivity index (χ1n) is 4.40. The zero-order valence-corrected chi connectivity index (χ0v) is 8.30. The third-order valence-electron chi connectivity index (χ3n) is 1.82. The molecular formula is C8H15N3O3. The summed E-state index contributed by atoms with van der Waals surface area (Å²) in [6.07, 6.45) is -0.127. The maximum Gasteiger partial charge on any atom is 0.246 e. The highest BCUT2D eigenvalue weighted by Gasteiger charge is 2.18. The van der Waals surface area contributed by atoms with Crippen molar-refractivity contribution in [3.63, 3.8) is 0 Å². The van der Waals surface area contributed by atoms with Crippen LogP contribution < -0.4 is 5.73 Å². The van der Waals surface area contributed by atoms with Crippen molar-refractivity contribution in [2.45, 2.75) is 25.5 Å². The van der Waals surface area contributed by atoms with E-state index in [9.17, 15) is 5.11 Å². The number of methoxy groups -OCH3 is 1. The second-order valence-electron chi connectivity index (χ2n) is 3.06. The molecule has 1 aromatic rings. The lowest BCUT2D eigenvalue weighted by Crippen LogP contribution is -2.23. The van der Waals surface area contributed by atoms with E-state index < -0.39 is 12.1 Å². The van der Waals surface area contributed by atoms with E-state index in [1.807, 2.05) is 0 Å². The molecule has 0 bridgehead atoms. The Morgan fingerprint density at radius 1 is 1.64 bits per heavy atom. The number of nitrogens with zero attached hydrogens (tertiary/aromatic N) is 2. The van der Waals surface area contributed by atoms with Crippen molar-refractivity contribution in [3.8, 4) is 0 Å². The van der Waals surface area contributed by atoms with Gasteiger partial charge in [-0.3, -0.25) is 0 Å². The first-order valence-corrected chi connectivity index (χ1v) is 4.40. The van der Waals surface area contributed by atoms with Gasteiger partial charge in [-0.25, -0.2) is 0 Å². The Morgan fingerprint density at radius 3 is 2.93 bits per heavy atom. The van der Waals surface area contributed by atoms with Gasteiger partial charge in [0, 0.05) is 13.5 Å². The molecule has 0 radical (unpaired) electrons. The number of aliphatic hydroxyl groups is 1. The molecule has 0 aliphatic heterocycles. The first kappa shape index (κ1) is 11.1. The maximum atomic E-state index is 9.18. The van der Waals surface area contributed by atoms with Gasteiger partial charge in [0.25, 0.3) is 0 Å². The van der Waals surface area contributed by atoms with Crippen molar-refractivity contribution >= 4 is 0 Å². The van der Waals surface area contributed by atoms with Gasteiger partial charge in [0.15, 0.2) is 5.82 Å². The lowest BCUT2D eigenvalue weighted by Gasteiger charge is -2.08. The lowest BCUT2D eigenvalue weighted by atomic mass is 10.2. The number of nitrogens with two attached hydrogens (primary N) is 1. The summed E-state index contributed by atoms with van der Waals surface area (Å²) < 4.78 is 9.74. The van der Waals surface area contributed by atoms with E-state index in [-0.39, 0.29) is 5.89 Å². The normalized spacial score (nSPS) is 15.4. The average Bonchev–Trinajstić information content (AvgIpc) is 2.61. The van der Waals surface area contributed by atoms with Crippen molar-refractivity contribution in [2.24, 2.45) is 5.73 Å². The minimum absolute atomic E-state index is 0.256. The summed E-state index contributed by atoms with van der Waals surface area (Å²) in [6.45, 7) is 2.10. The third-order valence-corrected chi connectivity index (χ3v) is 1.82. The van der Waals surface area contributed by atoms with E-state index in [1.165, 1.54) is 0 Å². The van der Waals surface area contributed by atoms with Crippen LogP contribution in [0.25, 0.3) is 0 Å². The highest BCUT2D eigenvalue weighted by Crippen LogP contribution is 2.11. The predicted molar refractivity (Wildman–Crippen MR) is 48.5 cm³/mol. The highest BCUT2D eigenvalue weighted by atomic mass is 16.5. The van der Waals surface area contributed by atoms with Gasteiger partial charge in [-0.15, -0.1) is 0 Å². The van der Waals surface area contributed by atoms with E-state index in [2.05, 4.69) is 10.1 Å². The second kappa shape index (κ2) is 5.04. The molecule has 1 aromatic heterocycles. The quantitative estimate of drug-likeness (QED) is 0.675. The van der Waals surface area contributed by atoms with Crippen LogP contribution in [-0.4, -0.2) is 35.1 Å². The van der Waals surface area contributed by atoms with Gasteiger partial charge in [-0.2, -0.15) is 4.98 Å². The summed E-state index contributed by atoms with van der Waals surface area (Å²) >= 11 is 0. The summed E-state index contributed by atoms with van der Waals surface area (Å²) in [5.74, 6) is 0.795. The molecule has 0 aliphatic carbocycles. The van der Waals surface area contributed by atoms with Crippen LogP contribution in [0.15, 0.2) is 4.52 Å². The Labute approximate surface area is 82.1 Å². The van der Waals surface area contributed by atoms with Crippen LogP contribution in [0.5, 0.6) is 0 Å². The largest absolute Gasteiger partial charge is 0.391 e. The molecule has 3 N–H and O–H groups in total. The SMILES string of the molecule is COCCc1noc(C(N)C(C)O)n1. The predicted octanol–water partition coefficient (Wildman–Crippen LogP) is -0.361. The van der Waals surface area contributed by atoms with E-state index in [0.717, 1.165) is 0 Å². The summed E-state index contributed by atoms with van der Waals surface area (Å²) in [4.78, 5) is 4.03. The zero-order valence-electron chi connectivity index (χ0n) is 8.30. The molecule has 2 unspecified atom stereocenters. The Hall–Kier alpha value is -0.980. The van der Waals surface area contributed by atoms with Crippen molar-refractivity contribution < 1.29 is 14.4 Å². The smallest absolute Gasteiger partial charge is 0.246 e. The number of ether oxygens (including phenoxy) is 1. The molecule has 1 rings (SSSR count). The molecule has 1 heterocycles. The van der Waals surface area contributed by atoms with E-state index >= 15 is 0 Å². The Morgan fingerprint density at radius 2 is 2.36 bits per heavy atom. The molecule has 0 saturated carbocycles. The van der Waals surface area contributed by atoms with Crippen LogP contribution >= 0.6 is 0 Å². The minimum Gasteiger partial charge on any atom is -0.391 e. The lowest BCUT2D eigenvalue weighted by molar-refractivity contribution is 0.146. The van der Waals surface area contributed by atoms with Gasteiger partial charge in [0.2, 0.25) is 5.89 Å². The van der Waals surface area contributed by atoms with Crippen molar-refractivity contribution in [2.75, 3.05) is 13.7 Å². The summed E-state index contributed by atoms with van der Waals surface area (Å²) in [5, 5.41) is 12.9. The molecule has 0 saturated heterocycles. The maximum absolute atomic E-state index is 9.18. The molecule has 80 valence electrons. The fraction of sp³-hybridized carbons (Fsp3) is 0.750. The second-order valence-corrected chi connectivity index (χ2v) is 3.06. The standard InChI is InChI=1S/C8H15N3O3/c1-5(12)7(9)8-10-6(11-14-8)3-4-13-2/h5,7,12H,3-4,9H2,1-2H3. The van der Waals surface area contributed by atoms with Crippen LogP contribution in [0.1, 0.15) is 24.7 Å². The fourth-order valence-electron chi connectivity index (χ4n) is 0.904. The fourth-order valence-corrected chi connectivity index (χ4v) is 0.904. The van der Waals surface area contributed by atoms with Gasteiger partial charge < -0.3 is 20.1 Å². The number of aliphatic hydroxyl groups excluding tert-OH is 1. The van der Waals surface area contributed by atoms with Crippen molar-refractivity contribution in [1.82, 2.24) is 10.1 Å². The van der Waals surface area contributed by atoms with Crippen molar-refractivity contribution in [1.29, 1.82) is 0 Å². The van der Waals surface area contributed by atoms with Crippen molar-refractivity contribution in [3.05, 3.63) is 11.7 Å². The molecule has 0 fully saturated rings. The molecule has 14 heavy (non-hydrogen) atoms. The van der Waals surface area contributed by atoms with Gasteiger partial charge in [-0.1, -0.05) is 5.16 Å². The highest BCUT2D eigenvalue weighted by molar-refractivity contribution is 4.93. The summed E-state index contributed by atoms with van der Waals surface area (Å²) in [7, 11) is 1.60. The minimum atomic E-state index is -0.703. The molecule has 6 nitrogen and oxygen atoms in total. The molecule has 0 aromatic carbocycles. The Bertz CT molecular complexity index is 275. The monoisotopic (exact) mass is 201 g/mol. The Kier molecular flexibility index (Phi) is 3.99. The molecular weight excluding hydrogens is 186 g/mol. The molecule has 6 heteroatoms. The van der Waals surface area contributed by atoms with Gasteiger partial charge in [0.1, 0.15) is 6.04 Å². The van der Waals surface area contributed by atoms with Crippen LogP contribution in [0.2, 0.25) is 0 Å². The van der Waals surface area contributed by atoms with E-state index in [1.54, 1.807) is 14.0 Å². The molecule has 0 spiro atoms. The zero-order chi connectivity index (χ0) is 10.6. The van der Waals surface area contributed by atoms with Crippen LogP contribution in [-0.2, 0) is 11.2 Å². The van der Waals surface area contributed by atoms with Gasteiger partial charge in [0.05, 0.1) is 12.7 Å². The van der Waals surface area contributed by atoms with Crippen LogP contribution in [0, 0.1) is 0 Å². The topological polar surface area (TPSA) is 94.4 Å². The molecule has 2 atom stereocenters. The summed E-state index contributed by atoms with van der Waals surface area (Å²) in [5.41, 5.74) is 5.60. The number of hydrogen-bond donors (Lipinski definition) is 2. The third kappa shape index (κ3) is 2.76. The summed E-state index contributed by atoms with van der Waals surface area (Å²) in [6, 6.07) is -0.626. The van der Waals surface area contributed by atoms with Crippen LogP contribution in [0.4, 0.5) is 0 Å². The van der Waals surface area contributed by atoms with Gasteiger partial charge in [-0.05, 0) is 6.92 Å². The molecule has 0 amide bonds.